The molecule has 0 unspecified atom stereocenters. The number of aromatic nitrogens is 2. The molecule has 2 aromatic rings. The Bertz CT molecular complexity index is 788. The maximum atomic E-state index is 12.6. The summed E-state index contributed by atoms with van der Waals surface area (Å²) in [6.45, 7) is 1.86. The number of alkyl halides is 3. The first-order chi connectivity index (χ1) is 12.8. The van der Waals surface area contributed by atoms with Crippen LogP contribution in [0.25, 0.3) is 0 Å². The van der Waals surface area contributed by atoms with Gasteiger partial charge in [0.05, 0.1) is 12.2 Å². The minimum atomic E-state index is -4.38. The van der Waals surface area contributed by atoms with Crippen molar-refractivity contribution < 1.29 is 22.7 Å². The van der Waals surface area contributed by atoms with Crippen LogP contribution in [-0.4, -0.2) is 35.6 Å². The summed E-state index contributed by atoms with van der Waals surface area (Å²) in [6.07, 6.45) is -0.386. The second-order valence-electron chi connectivity index (χ2n) is 6.39. The van der Waals surface area contributed by atoms with Gasteiger partial charge < -0.3 is 15.4 Å². The number of primary amides is 1. The van der Waals surface area contributed by atoms with Crippen molar-refractivity contribution in [3.8, 4) is 5.75 Å². The number of rotatable bonds is 5. The Hall–Kier alpha value is -2.84. The summed E-state index contributed by atoms with van der Waals surface area (Å²) < 4.78 is 43.6. The van der Waals surface area contributed by atoms with Crippen molar-refractivity contribution in [1.82, 2.24) is 9.97 Å². The zero-order valence-corrected chi connectivity index (χ0v) is 14.4. The number of nitrogens with two attached hydrogens (primary N) is 1. The predicted molar refractivity (Wildman–Crippen MR) is 92.4 cm³/mol. The minimum absolute atomic E-state index is 0.149. The van der Waals surface area contributed by atoms with Gasteiger partial charge in [0.25, 0.3) is 5.91 Å². The number of nitrogens with zero attached hydrogens (tertiary/aromatic N) is 3. The molecule has 27 heavy (non-hydrogen) atoms. The van der Waals surface area contributed by atoms with E-state index in [1.807, 2.05) is 4.90 Å². The number of ether oxygens (including phenoxy) is 1. The molecule has 9 heteroatoms. The Morgan fingerprint density at radius 3 is 2.56 bits per heavy atom. The van der Waals surface area contributed by atoms with E-state index in [0.29, 0.717) is 37.2 Å². The highest BCUT2D eigenvalue weighted by molar-refractivity contribution is 5.91. The predicted octanol–water partition coefficient (Wildman–Crippen LogP) is 2.89. The molecule has 0 aromatic carbocycles. The molecule has 3 rings (SSSR count). The standard InChI is InChI=1S/C18H19F3N4O2/c19-18(20,21)13-1-2-16(24-10-13)25-7-4-12(5-8-25)11-27-14-3-6-23-15(9-14)17(22)26/h1-3,6,9-10,12H,4-5,7-8,11H2,(H2,22,26). The molecule has 1 fully saturated rings. The van der Waals surface area contributed by atoms with Crippen molar-refractivity contribution in [3.05, 3.63) is 47.9 Å². The van der Waals surface area contributed by atoms with E-state index in [0.717, 1.165) is 25.1 Å². The van der Waals surface area contributed by atoms with Gasteiger partial charge in [-0.2, -0.15) is 13.2 Å². The Labute approximate surface area is 154 Å². The summed E-state index contributed by atoms with van der Waals surface area (Å²) >= 11 is 0. The molecule has 1 saturated heterocycles. The van der Waals surface area contributed by atoms with Crippen LogP contribution >= 0.6 is 0 Å². The first-order valence-corrected chi connectivity index (χ1v) is 8.50. The summed E-state index contributed by atoms with van der Waals surface area (Å²) in [4.78, 5) is 20.9. The molecule has 0 atom stereocenters. The van der Waals surface area contributed by atoms with E-state index in [1.54, 1.807) is 6.07 Å². The number of hydrogen-bond acceptors (Lipinski definition) is 5. The molecular formula is C18H19F3N4O2. The van der Waals surface area contributed by atoms with Crippen molar-refractivity contribution in [1.29, 1.82) is 0 Å². The smallest absolute Gasteiger partial charge is 0.417 e. The van der Waals surface area contributed by atoms with E-state index in [4.69, 9.17) is 10.5 Å². The molecule has 2 N–H and O–H groups in total. The highest BCUT2D eigenvalue weighted by Gasteiger charge is 2.31. The van der Waals surface area contributed by atoms with E-state index in [1.165, 1.54) is 18.3 Å². The van der Waals surface area contributed by atoms with Crippen molar-refractivity contribution in [2.45, 2.75) is 19.0 Å². The Kier molecular flexibility index (Phi) is 5.48. The fraction of sp³-hybridized carbons (Fsp3) is 0.389. The summed E-state index contributed by atoms with van der Waals surface area (Å²) in [7, 11) is 0. The van der Waals surface area contributed by atoms with E-state index >= 15 is 0 Å². The Morgan fingerprint density at radius 2 is 1.96 bits per heavy atom. The normalized spacial score (nSPS) is 15.6. The second-order valence-corrected chi connectivity index (χ2v) is 6.39. The van der Waals surface area contributed by atoms with Gasteiger partial charge >= 0.3 is 6.18 Å². The van der Waals surface area contributed by atoms with E-state index in [-0.39, 0.29) is 5.69 Å². The molecular weight excluding hydrogens is 361 g/mol. The van der Waals surface area contributed by atoms with E-state index in [2.05, 4.69) is 9.97 Å². The second kappa shape index (κ2) is 7.81. The number of amides is 1. The van der Waals surface area contributed by atoms with Crippen LogP contribution in [0.2, 0.25) is 0 Å². The summed E-state index contributed by atoms with van der Waals surface area (Å²) in [6, 6.07) is 5.62. The number of anilines is 1. The topological polar surface area (TPSA) is 81.3 Å². The van der Waals surface area contributed by atoms with Crippen molar-refractivity contribution >= 4 is 11.7 Å². The highest BCUT2D eigenvalue weighted by atomic mass is 19.4. The fourth-order valence-electron chi connectivity index (χ4n) is 2.92. The van der Waals surface area contributed by atoms with Crippen molar-refractivity contribution in [2.24, 2.45) is 11.7 Å². The fourth-order valence-corrected chi connectivity index (χ4v) is 2.92. The Balaban J connectivity index is 1.50. The van der Waals surface area contributed by atoms with Gasteiger partial charge in [-0.05, 0) is 37.0 Å². The van der Waals surface area contributed by atoms with Crippen LogP contribution in [0.5, 0.6) is 5.75 Å². The van der Waals surface area contributed by atoms with Gasteiger partial charge in [-0.1, -0.05) is 0 Å². The molecule has 0 bridgehead atoms. The maximum Gasteiger partial charge on any atom is 0.417 e. The lowest BCUT2D eigenvalue weighted by atomic mass is 9.98. The van der Waals surface area contributed by atoms with Gasteiger partial charge in [0.15, 0.2) is 0 Å². The average Bonchev–Trinajstić information content (AvgIpc) is 2.66. The van der Waals surface area contributed by atoms with Gasteiger partial charge in [0.1, 0.15) is 17.3 Å². The lowest BCUT2D eigenvalue weighted by Crippen LogP contribution is -2.36. The molecule has 0 saturated carbocycles. The minimum Gasteiger partial charge on any atom is -0.493 e. The van der Waals surface area contributed by atoms with Crippen LogP contribution in [0.4, 0.5) is 19.0 Å². The molecule has 3 heterocycles. The van der Waals surface area contributed by atoms with Gasteiger partial charge in [0, 0.05) is 31.5 Å². The zero-order valence-electron chi connectivity index (χ0n) is 14.4. The van der Waals surface area contributed by atoms with Crippen LogP contribution in [0.1, 0.15) is 28.9 Å². The van der Waals surface area contributed by atoms with Crippen LogP contribution in [0, 0.1) is 5.92 Å². The molecule has 6 nitrogen and oxygen atoms in total. The third-order valence-electron chi connectivity index (χ3n) is 4.48. The summed E-state index contributed by atoms with van der Waals surface area (Å²) in [5.41, 5.74) is 4.60. The third-order valence-corrected chi connectivity index (χ3v) is 4.48. The molecule has 144 valence electrons. The molecule has 1 amide bonds. The first-order valence-electron chi connectivity index (χ1n) is 8.50. The maximum absolute atomic E-state index is 12.6. The largest absolute Gasteiger partial charge is 0.493 e. The quantitative estimate of drug-likeness (QED) is 0.863. The molecule has 2 aromatic heterocycles. The van der Waals surface area contributed by atoms with Crippen LogP contribution in [-0.2, 0) is 6.18 Å². The van der Waals surface area contributed by atoms with Crippen molar-refractivity contribution in [2.75, 3.05) is 24.6 Å². The van der Waals surface area contributed by atoms with E-state index in [9.17, 15) is 18.0 Å². The van der Waals surface area contributed by atoms with Crippen LogP contribution in [0.3, 0.4) is 0 Å². The van der Waals surface area contributed by atoms with Crippen LogP contribution < -0.4 is 15.4 Å². The molecule has 0 aliphatic carbocycles. The van der Waals surface area contributed by atoms with Crippen molar-refractivity contribution in [3.63, 3.8) is 0 Å². The third kappa shape index (κ3) is 4.87. The van der Waals surface area contributed by atoms with Crippen LogP contribution in [0.15, 0.2) is 36.7 Å². The number of hydrogen-bond donors (Lipinski definition) is 1. The lowest BCUT2D eigenvalue weighted by molar-refractivity contribution is -0.137. The Morgan fingerprint density at radius 1 is 1.22 bits per heavy atom. The molecule has 1 aliphatic heterocycles. The number of carbonyl (C=O) groups is 1. The highest BCUT2D eigenvalue weighted by Crippen LogP contribution is 2.30. The number of carbonyl (C=O) groups excluding carboxylic acids is 1. The molecule has 0 spiro atoms. The van der Waals surface area contributed by atoms with Gasteiger partial charge in [0.2, 0.25) is 0 Å². The first kappa shape index (κ1) is 18.9. The van der Waals surface area contributed by atoms with Gasteiger partial charge in [-0.25, -0.2) is 4.98 Å². The molecule has 1 aliphatic rings. The number of piperidine rings is 1. The lowest BCUT2D eigenvalue weighted by Gasteiger charge is -2.32. The molecule has 0 radical (unpaired) electrons. The number of pyridine rings is 2. The summed E-state index contributed by atoms with van der Waals surface area (Å²) in [5, 5.41) is 0. The monoisotopic (exact) mass is 380 g/mol. The average molecular weight is 380 g/mol. The number of halogens is 3. The van der Waals surface area contributed by atoms with E-state index < -0.39 is 17.6 Å². The summed E-state index contributed by atoms with van der Waals surface area (Å²) in [5.74, 6) is 0.770. The SMILES string of the molecule is NC(=O)c1cc(OCC2CCN(c3ccc(C(F)(F)F)cn3)CC2)ccn1. The van der Waals surface area contributed by atoms with Gasteiger partial charge in [-0.15, -0.1) is 0 Å². The van der Waals surface area contributed by atoms with Gasteiger partial charge in [-0.3, -0.25) is 9.78 Å². The zero-order chi connectivity index (χ0) is 19.4.